The zero-order chi connectivity index (χ0) is 16.8. The van der Waals surface area contributed by atoms with E-state index in [4.69, 9.17) is 0 Å². The average molecular weight is 323 g/mol. The largest absolute Gasteiger partial charge is 0.354 e. The molecule has 1 saturated heterocycles. The van der Waals surface area contributed by atoms with Crippen molar-refractivity contribution < 1.29 is 4.79 Å². The number of carbonyl (C=O) groups excluding carboxylic acids is 1. The monoisotopic (exact) mass is 323 g/mol. The van der Waals surface area contributed by atoms with Crippen molar-refractivity contribution in [3.05, 3.63) is 65.5 Å². The number of pyridine rings is 1. The summed E-state index contributed by atoms with van der Waals surface area (Å²) >= 11 is 0. The molecule has 0 unspecified atom stereocenters. The van der Waals surface area contributed by atoms with Gasteiger partial charge in [0.1, 0.15) is 0 Å². The van der Waals surface area contributed by atoms with Crippen LogP contribution in [-0.4, -0.2) is 34.9 Å². The lowest BCUT2D eigenvalue weighted by atomic mass is 10.1. The molecule has 0 radical (unpaired) electrons. The quantitative estimate of drug-likeness (QED) is 0.889. The van der Waals surface area contributed by atoms with E-state index >= 15 is 0 Å². The van der Waals surface area contributed by atoms with Crippen LogP contribution in [0.25, 0.3) is 0 Å². The van der Waals surface area contributed by atoms with E-state index in [1.165, 1.54) is 5.56 Å². The first-order valence-electron chi connectivity index (χ1n) is 8.70. The van der Waals surface area contributed by atoms with Gasteiger partial charge in [-0.05, 0) is 44.0 Å². The first-order valence-corrected chi connectivity index (χ1v) is 8.70. The molecule has 2 heterocycles. The molecule has 126 valence electrons. The third kappa shape index (κ3) is 4.42. The lowest BCUT2D eigenvalue weighted by Gasteiger charge is -2.23. The SMILES string of the molecule is Cc1cccc(CCNC(=O)[C@@H]2CCCN2Cc2ccccc2)n1. The van der Waals surface area contributed by atoms with E-state index in [9.17, 15) is 4.79 Å². The van der Waals surface area contributed by atoms with Crippen LogP contribution < -0.4 is 5.32 Å². The normalized spacial score (nSPS) is 17.8. The zero-order valence-electron chi connectivity index (χ0n) is 14.2. The molecule has 24 heavy (non-hydrogen) atoms. The van der Waals surface area contributed by atoms with Gasteiger partial charge in [0, 0.05) is 30.9 Å². The molecule has 4 heteroatoms. The smallest absolute Gasteiger partial charge is 0.237 e. The minimum Gasteiger partial charge on any atom is -0.354 e. The molecule has 4 nitrogen and oxygen atoms in total. The van der Waals surface area contributed by atoms with Crippen LogP contribution in [0.5, 0.6) is 0 Å². The van der Waals surface area contributed by atoms with Gasteiger partial charge in [0.05, 0.1) is 6.04 Å². The van der Waals surface area contributed by atoms with Crippen molar-refractivity contribution in [1.29, 1.82) is 0 Å². The lowest BCUT2D eigenvalue weighted by Crippen LogP contribution is -2.43. The van der Waals surface area contributed by atoms with Crippen molar-refractivity contribution in [2.75, 3.05) is 13.1 Å². The third-order valence-corrected chi connectivity index (χ3v) is 4.52. The summed E-state index contributed by atoms with van der Waals surface area (Å²) in [6.45, 7) is 4.47. The number of nitrogens with zero attached hydrogens (tertiary/aromatic N) is 2. The van der Waals surface area contributed by atoms with Gasteiger partial charge in [-0.3, -0.25) is 14.7 Å². The van der Waals surface area contributed by atoms with Gasteiger partial charge in [-0.15, -0.1) is 0 Å². The van der Waals surface area contributed by atoms with Crippen molar-refractivity contribution in [3.63, 3.8) is 0 Å². The molecule has 1 fully saturated rings. The van der Waals surface area contributed by atoms with Crippen molar-refractivity contribution in [2.24, 2.45) is 0 Å². The molecular weight excluding hydrogens is 298 g/mol. The van der Waals surface area contributed by atoms with Crippen molar-refractivity contribution in [3.8, 4) is 0 Å². The fourth-order valence-corrected chi connectivity index (χ4v) is 3.30. The van der Waals surface area contributed by atoms with Gasteiger partial charge in [0.2, 0.25) is 5.91 Å². The van der Waals surface area contributed by atoms with E-state index in [1.54, 1.807) is 0 Å². The van der Waals surface area contributed by atoms with E-state index in [1.807, 2.05) is 31.2 Å². The Labute approximate surface area is 143 Å². The molecule has 0 spiro atoms. The highest BCUT2D eigenvalue weighted by Gasteiger charge is 2.30. The van der Waals surface area contributed by atoms with Crippen LogP contribution in [0.2, 0.25) is 0 Å². The van der Waals surface area contributed by atoms with Crippen molar-refractivity contribution in [2.45, 2.75) is 38.8 Å². The lowest BCUT2D eigenvalue weighted by molar-refractivity contribution is -0.125. The highest BCUT2D eigenvalue weighted by atomic mass is 16.2. The maximum atomic E-state index is 12.5. The second kappa shape index (κ2) is 8.06. The Morgan fingerprint density at radius 3 is 2.83 bits per heavy atom. The number of hydrogen-bond donors (Lipinski definition) is 1. The molecule has 2 aromatic rings. The average Bonchev–Trinajstić information content (AvgIpc) is 3.04. The van der Waals surface area contributed by atoms with Gasteiger partial charge < -0.3 is 5.32 Å². The first-order chi connectivity index (χ1) is 11.7. The Morgan fingerprint density at radius 2 is 2.04 bits per heavy atom. The molecule has 1 atom stereocenters. The third-order valence-electron chi connectivity index (χ3n) is 4.52. The number of nitrogens with one attached hydrogen (secondary N) is 1. The molecule has 1 aliphatic heterocycles. The van der Waals surface area contributed by atoms with E-state index in [2.05, 4.69) is 39.5 Å². The topological polar surface area (TPSA) is 45.2 Å². The summed E-state index contributed by atoms with van der Waals surface area (Å²) in [5, 5.41) is 3.09. The Balaban J connectivity index is 1.50. The molecule has 1 aliphatic rings. The predicted octanol–water partition coefficient (Wildman–Crippen LogP) is 2.71. The van der Waals surface area contributed by atoms with Crippen LogP contribution in [0, 0.1) is 6.92 Å². The second-order valence-corrected chi connectivity index (χ2v) is 6.43. The summed E-state index contributed by atoms with van der Waals surface area (Å²) in [7, 11) is 0. The second-order valence-electron chi connectivity index (χ2n) is 6.43. The van der Waals surface area contributed by atoms with Crippen LogP contribution in [0.15, 0.2) is 48.5 Å². The molecule has 0 saturated carbocycles. The minimum absolute atomic E-state index is 0.00400. The fourth-order valence-electron chi connectivity index (χ4n) is 3.30. The number of hydrogen-bond acceptors (Lipinski definition) is 3. The number of benzene rings is 1. The molecule has 0 bridgehead atoms. The van der Waals surface area contributed by atoms with Gasteiger partial charge in [0.25, 0.3) is 0 Å². The number of carbonyl (C=O) groups is 1. The maximum absolute atomic E-state index is 12.5. The molecule has 1 N–H and O–H groups in total. The summed E-state index contributed by atoms with van der Waals surface area (Å²) in [6, 6.07) is 16.4. The van der Waals surface area contributed by atoms with Gasteiger partial charge in [-0.1, -0.05) is 36.4 Å². The van der Waals surface area contributed by atoms with Gasteiger partial charge >= 0.3 is 0 Å². The summed E-state index contributed by atoms with van der Waals surface area (Å²) < 4.78 is 0. The van der Waals surface area contributed by atoms with Crippen LogP contribution >= 0.6 is 0 Å². The van der Waals surface area contributed by atoms with E-state index in [-0.39, 0.29) is 11.9 Å². The Bertz CT molecular complexity index is 672. The molecule has 0 aliphatic carbocycles. The molecule has 1 aromatic heterocycles. The van der Waals surface area contributed by atoms with E-state index in [0.29, 0.717) is 6.54 Å². The van der Waals surface area contributed by atoms with Gasteiger partial charge in [-0.25, -0.2) is 0 Å². The summed E-state index contributed by atoms with van der Waals surface area (Å²) in [5.74, 6) is 0.149. The van der Waals surface area contributed by atoms with Crippen LogP contribution in [0.3, 0.4) is 0 Å². The standard InChI is InChI=1S/C20H25N3O/c1-16-7-5-10-18(22-16)12-13-21-20(24)19-11-6-14-23(19)15-17-8-3-2-4-9-17/h2-5,7-10,19H,6,11-15H2,1H3,(H,21,24)/t19-/m0/s1. The Morgan fingerprint density at radius 1 is 1.21 bits per heavy atom. The number of likely N-dealkylation sites (tertiary alicyclic amines) is 1. The van der Waals surface area contributed by atoms with Crippen molar-refractivity contribution in [1.82, 2.24) is 15.2 Å². The Hall–Kier alpha value is -2.20. The molecule has 3 rings (SSSR count). The minimum atomic E-state index is -0.00400. The molecular formula is C20H25N3O. The Kier molecular flexibility index (Phi) is 5.59. The number of amides is 1. The van der Waals surface area contributed by atoms with Gasteiger partial charge in [0.15, 0.2) is 0 Å². The van der Waals surface area contributed by atoms with Gasteiger partial charge in [-0.2, -0.15) is 0 Å². The van der Waals surface area contributed by atoms with Crippen LogP contribution in [-0.2, 0) is 17.8 Å². The fraction of sp³-hybridized carbons (Fsp3) is 0.400. The van der Waals surface area contributed by atoms with Crippen molar-refractivity contribution >= 4 is 5.91 Å². The number of aryl methyl sites for hydroxylation is 1. The number of aromatic nitrogens is 1. The first kappa shape index (κ1) is 16.7. The summed E-state index contributed by atoms with van der Waals surface area (Å²) in [5.41, 5.74) is 3.31. The maximum Gasteiger partial charge on any atom is 0.237 e. The van der Waals surface area contributed by atoms with E-state index < -0.39 is 0 Å². The predicted molar refractivity (Wildman–Crippen MR) is 95.6 cm³/mol. The molecule has 1 aromatic carbocycles. The summed E-state index contributed by atoms with van der Waals surface area (Å²) in [4.78, 5) is 19.3. The highest BCUT2D eigenvalue weighted by Crippen LogP contribution is 2.20. The molecule has 1 amide bonds. The highest BCUT2D eigenvalue weighted by molar-refractivity contribution is 5.82. The van der Waals surface area contributed by atoms with Crippen LogP contribution in [0.4, 0.5) is 0 Å². The summed E-state index contributed by atoms with van der Waals surface area (Å²) in [6.07, 6.45) is 2.81. The van der Waals surface area contributed by atoms with E-state index in [0.717, 1.165) is 43.7 Å². The zero-order valence-corrected chi connectivity index (χ0v) is 14.2. The number of rotatable bonds is 6. The van der Waals surface area contributed by atoms with Crippen LogP contribution in [0.1, 0.15) is 29.8 Å².